The van der Waals surface area contributed by atoms with Crippen molar-refractivity contribution in [2.75, 3.05) is 25.5 Å². The second-order valence-electron chi connectivity index (χ2n) is 6.05. The maximum atomic E-state index is 12.8. The van der Waals surface area contributed by atoms with Gasteiger partial charge in [-0.3, -0.25) is 0 Å². The average molecular weight is 329 g/mol. The highest BCUT2D eigenvalue weighted by Gasteiger charge is 2.37. The highest BCUT2D eigenvalue weighted by atomic mass is 32.2. The smallest absolute Gasteiger partial charge is 0.214 e. The van der Waals surface area contributed by atoms with Gasteiger partial charge in [0.15, 0.2) is 0 Å². The van der Waals surface area contributed by atoms with Crippen LogP contribution in [-0.4, -0.2) is 38.2 Å². The van der Waals surface area contributed by atoms with Crippen molar-refractivity contribution in [1.29, 1.82) is 0 Å². The van der Waals surface area contributed by atoms with Crippen LogP contribution < -0.4 is 0 Å². The summed E-state index contributed by atoms with van der Waals surface area (Å²) in [7, 11) is -3.16. The number of aryl methyl sites for hydroxylation is 1. The molecule has 2 aliphatic heterocycles. The van der Waals surface area contributed by atoms with Crippen LogP contribution in [0.5, 0.6) is 0 Å². The molecule has 1 atom stereocenters. The SMILES string of the molecule is Cc1ccc(C2CCCN2S(=O)(=O)CC2CCOCC2)s1. The van der Waals surface area contributed by atoms with E-state index in [1.54, 1.807) is 15.6 Å². The zero-order valence-electron chi connectivity index (χ0n) is 12.5. The lowest BCUT2D eigenvalue weighted by Gasteiger charge is -2.27. The minimum Gasteiger partial charge on any atom is -0.381 e. The minimum atomic E-state index is -3.16. The number of hydrogen-bond acceptors (Lipinski definition) is 4. The first-order valence-electron chi connectivity index (χ1n) is 7.70. The molecule has 21 heavy (non-hydrogen) atoms. The first-order valence-corrected chi connectivity index (χ1v) is 10.1. The van der Waals surface area contributed by atoms with Crippen LogP contribution in [0, 0.1) is 12.8 Å². The Balaban J connectivity index is 1.74. The third-order valence-corrected chi connectivity index (χ3v) is 7.58. The van der Waals surface area contributed by atoms with Crippen molar-refractivity contribution < 1.29 is 13.2 Å². The summed E-state index contributed by atoms with van der Waals surface area (Å²) in [6.07, 6.45) is 3.66. The van der Waals surface area contributed by atoms with Gasteiger partial charge >= 0.3 is 0 Å². The summed E-state index contributed by atoms with van der Waals surface area (Å²) in [4.78, 5) is 2.44. The first-order chi connectivity index (χ1) is 10.1. The highest BCUT2D eigenvalue weighted by Crippen LogP contribution is 2.38. The number of ether oxygens (including phenoxy) is 1. The maximum absolute atomic E-state index is 12.8. The topological polar surface area (TPSA) is 46.6 Å². The molecule has 2 saturated heterocycles. The Morgan fingerprint density at radius 2 is 2.05 bits per heavy atom. The Morgan fingerprint density at radius 1 is 1.29 bits per heavy atom. The average Bonchev–Trinajstić information content (AvgIpc) is 3.07. The molecule has 1 aromatic heterocycles. The van der Waals surface area contributed by atoms with Crippen LogP contribution in [0.25, 0.3) is 0 Å². The van der Waals surface area contributed by atoms with Crippen molar-refractivity contribution in [2.45, 2.75) is 38.6 Å². The molecule has 2 aliphatic rings. The lowest BCUT2D eigenvalue weighted by Crippen LogP contribution is -2.36. The van der Waals surface area contributed by atoms with E-state index in [0.717, 1.165) is 25.7 Å². The molecule has 1 aromatic rings. The van der Waals surface area contributed by atoms with Gasteiger partial charge in [-0.1, -0.05) is 0 Å². The van der Waals surface area contributed by atoms with E-state index in [-0.39, 0.29) is 17.7 Å². The molecular formula is C15H23NO3S2. The number of rotatable bonds is 4. The molecule has 2 fully saturated rings. The molecule has 0 saturated carbocycles. The van der Waals surface area contributed by atoms with Crippen LogP contribution in [0.2, 0.25) is 0 Å². The third-order valence-electron chi connectivity index (χ3n) is 4.44. The van der Waals surface area contributed by atoms with Gasteiger partial charge in [-0.25, -0.2) is 8.42 Å². The Labute approximate surface area is 131 Å². The van der Waals surface area contributed by atoms with Gasteiger partial charge in [-0.2, -0.15) is 4.31 Å². The van der Waals surface area contributed by atoms with E-state index >= 15 is 0 Å². The van der Waals surface area contributed by atoms with Gasteiger partial charge in [-0.15, -0.1) is 11.3 Å². The maximum Gasteiger partial charge on any atom is 0.214 e. The van der Waals surface area contributed by atoms with Crippen LogP contribution in [0.3, 0.4) is 0 Å². The van der Waals surface area contributed by atoms with Crippen molar-refractivity contribution in [2.24, 2.45) is 5.92 Å². The zero-order valence-corrected chi connectivity index (χ0v) is 14.1. The standard InChI is InChI=1S/C15H23NO3S2/c1-12-4-5-15(20-12)14-3-2-8-16(14)21(17,18)11-13-6-9-19-10-7-13/h4-5,13-14H,2-3,6-11H2,1H3. The van der Waals surface area contributed by atoms with E-state index in [1.807, 2.05) is 0 Å². The molecule has 0 N–H and O–H groups in total. The summed E-state index contributed by atoms with van der Waals surface area (Å²) in [5, 5.41) is 0. The summed E-state index contributed by atoms with van der Waals surface area (Å²) in [6, 6.07) is 4.24. The molecule has 0 amide bonds. The van der Waals surface area contributed by atoms with Crippen LogP contribution in [0.4, 0.5) is 0 Å². The number of nitrogens with zero attached hydrogens (tertiary/aromatic N) is 1. The summed E-state index contributed by atoms with van der Waals surface area (Å²) in [5.41, 5.74) is 0. The van der Waals surface area contributed by atoms with Crippen LogP contribution in [0.1, 0.15) is 41.5 Å². The molecule has 0 aliphatic carbocycles. The largest absolute Gasteiger partial charge is 0.381 e. The molecule has 3 rings (SSSR count). The zero-order chi connectivity index (χ0) is 14.9. The van der Waals surface area contributed by atoms with Gasteiger partial charge < -0.3 is 4.74 Å². The highest BCUT2D eigenvalue weighted by molar-refractivity contribution is 7.89. The van der Waals surface area contributed by atoms with E-state index in [9.17, 15) is 8.42 Å². The van der Waals surface area contributed by atoms with E-state index in [4.69, 9.17) is 4.74 Å². The number of hydrogen-bond donors (Lipinski definition) is 0. The van der Waals surface area contributed by atoms with Crippen LogP contribution >= 0.6 is 11.3 Å². The predicted molar refractivity (Wildman–Crippen MR) is 85.1 cm³/mol. The van der Waals surface area contributed by atoms with E-state index in [2.05, 4.69) is 19.1 Å². The Morgan fingerprint density at radius 3 is 2.71 bits per heavy atom. The molecule has 6 heteroatoms. The van der Waals surface area contributed by atoms with Gasteiger partial charge in [0.1, 0.15) is 0 Å². The lowest BCUT2D eigenvalue weighted by molar-refractivity contribution is 0.0720. The molecule has 0 aromatic carbocycles. The summed E-state index contributed by atoms with van der Waals surface area (Å²) in [6.45, 7) is 4.15. The molecule has 3 heterocycles. The third kappa shape index (κ3) is 3.50. The molecule has 118 valence electrons. The van der Waals surface area contributed by atoms with E-state index in [1.165, 1.54) is 9.75 Å². The number of sulfonamides is 1. The van der Waals surface area contributed by atoms with E-state index in [0.29, 0.717) is 19.8 Å². The van der Waals surface area contributed by atoms with Crippen molar-refractivity contribution in [3.8, 4) is 0 Å². The monoisotopic (exact) mass is 329 g/mol. The summed E-state index contributed by atoms with van der Waals surface area (Å²) >= 11 is 1.72. The second kappa shape index (κ2) is 6.36. The molecule has 4 nitrogen and oxygen atoms in total. The minimum absolute atomic E-state index is 0.0635. The van der Waals surface area contributed by atoms with Gasteiger partial charge in [0.05, 0.1) is 11.8 Å². The quantitative estimate of drug-likeness (QED) is 0.853. The van der Waals surface area contributed by atoms with E-state index < -0.39 is 10.0 Å². The normalized spacial score (nSPS) is 25.5. The molecule has 0 bridgehead atoms. The van der Waals surface area contributed by atoms with Gasteiger partial charge in [0.25, 0.3) is 0 Å². The fourth-order valence-electron chi connectivity index (χ4n) is 3.30. The lowest BCUT2D eigenvalue weighted by atomic mass is 10.0. The van der Waals surface area contributed by atoms with Gasteiger partial charge in [0, 0.05) is 29.5 Å². The van der Waals surface area contributed by atoms with Crippen molar-refractivity contribution in [3.05, 3.63) is 21.9 Å². The Hall–Kier alpha value is -0.430. The van der Waals surface area contributed by atoms with Crippen LogP contribution in [0.15, 0.2) is 12.1 Å². The van der Waals surface area contributed by atoms with Gasteiger partial charge in [-0.05, 0) is 50.7 Å². The summed E-state index contributed by atoms with van der Waals surface area (Å²) in [5.74, 6) is 0.548. The van der Waals surface area contributed by atoms with Crippen molar-refractivity contribution in [3.63, 3.8) is 0 Å². The van der Waals surface area contributed by atoms with Crippen molar-refractivity contribution in [1.82, 2.24) is 4.31 Å². The molecule has 1 unspecified atom stereocenters. The molecule has 0 spiro atoms. The summed E-state index contributed by atoms with van der Waals surface area (Å²) < 4.78 is 32.6. The molecule has 0 radical (unpaired) electrons. The molecular weight excluding hydrogens is 306 g/mol. The van der Waals surface area contributed by atoms with Crippen molar-refractivity contribution >= 4 is 21.4 Å². The Kier molecular flexibility index (Phi) is 4.69. The predicted octanol–water partition coefficient (Wildman–Crippen LogP) is 2.95. The van der Waals surface area contributed by atoms with Crippen LogP contribution in [-0.2, 0) is 14.8 Å². The second-order valence-corrected chi connectivity index (χ2v) is 9.34. The Bertz CT molecular complexity index is 575. The fraction of sp³-hybridized carbons (Fsp3) is 0.733. The fourth-order valence-corrected chi connectivity index (χ4v) is 6.52. The van der Waals surface area contributed by atoms with Gasteiger partial charge in [0.2, 0.25) is 10.0 Å². The first kappa shape index (κ1) is 15.5. The number of thiophene rings is 1.